The van der Waals surface area contributed by atoms with Crippen LogP contribution in [-0.2, 0) is 0 Å². The van der Waals surface area contributed by atoms with Crippen molar-refractivity contribution in [3.8, 4) is 17.2 Å². The molecule has 0 N–H and O–H groups in total. The normalized spacial score (nSPS) is 21.3. The second-order valence-electron chi connectivity index (χ2n) is 7.28. The van der Waals surface area contributed by atoms with Crippen LogP contribution in [0.3, 0.4) is 0 Å². The van der Waals surface area contributed by atoms with Gasteiger partial charge in [0, 0.05) is 27.6 Å². The van der Waals surface area contributed by atoms with E-state index < -0.39 is 0 Å². The monoisotopic (exact) mass is 448 g/mol. The summed E-state index contributed by atoms with van der Waals surface area (Å²) in [6.45, 7) is 0.269. The summed E-state index contributed by atoms with van der Waals surface area (Å²) in [6, 6.07) is 22.6. The Kier molecular flexibility index (Phi) is 3.81. The highest BCUT2D eigenvalue weighted by Gasteiger charge is 2.41. The fourth-order valence-corrected chi connectivity index (χ4v) is 4.53. The standard InChI is InChI=1S/C23H17BrN2O3/c24-16-7-9-20-17(11-16)19-12-18(15-6-8-21-22(10-15)28-13-27-21)25-26(19)23(29-20)14-4-2-1-3-5-14/h1-11,19,23H,12-13H2/t19-,23-/m1/s1. The summed E-state index contributed by atoms with van der Waals surface area (Å²) in [7, 11) is 0. The van der Waals surface area contributed by atoms with Crippen LogP contribution in [-0.4, -0.2) is 17.5 Å². The SMILES string of the molecule is Brc1ccc2c(c1)[C@H]1CC(c3ccc4c(c3)OCO4)=NN1[C@@H](c1ccccc1)O2. The van der Waals surface area contributed by atoms with Crippen molar-refractivity contribution < 1.29 is 14.2 Å². The van der Waals surface area contributed by atoms with Crippen LogP contribution in [0, 0.1) is 0 Å². The molecule has 3 aromatic rings. The van der Waals surface area contributed by atoms with Gasteiger partial charge in [-0.15, -0.1) is 0 Å². The van der Waals surface area contributed by atoms with Crippen LogP contribution in [0.5, 0.6) is 17.2 Å². The van der Waals surface area contributed by atoms with Crippen molar-refractivity contribution in [2.24, 2.45) is 5.10 Å². The lowest BCUT2D eigenvalue weighted by molar-refractivity contribution is -0.0190. The fraction of sp³-hybridized carbons (Fsp3) is 0.174. The Labute approximate surface area is 176 Å². The molecule has 3 aliphatic rings. The van der Waals surface area contributed by atoms with E-state index in [1.54, 1.807) is 0 Å². The molecule has 6 rings (SSSR count). The Balaban J connectivity index is 1.44. The maximum atomic E-state index is 6.40. The van der Waals surface area contributed by atoms with Crippen molar-refractivity contribution in [1.29, 1.82) is 0 Å². The molecule has 0 fully saturated rings. The first kappa shape index (κ1) is 16.9. The zero-order chi connectivity index (χ0) is 19.4. The molecular formula is C23H17BrN2O3. The minimum absolute atomic E-state index is 0.113. The first-order valence-corrected chi connectivity index (χ1v) is 10.3. The lowest BCUT2D eigenvalue weighted by Crippen LogP contribution is -2.33. The van der Waals surface area contributed by atoms with Crippen molar-refractivity contribution in [3.63, 3.8) is 0 Å². The summed E-state index contributed by atoms with van der Waals surface area (Å²) < 4.78 is 18.4. The summed E-state index contributed by atoms with van der Waals surface area (Å²) in [6.07, 6.45) is 0.539. The lowest BCUT2D eigenvalue weighted by Gasteiger charge is -2.38. The van der Waals surface area contributed by atoms with Gasteiger partial charge in [-0.05, 0) is 36.4 Å². The Morgan fingerprint density at radius 1 is 0.897 bits per heavy atom. The molecule has 3 aliphatic heterocycles. The molecule has 5 nitrogen and oxygen atoms in total. The molecule has 0 aliphatic carbocycles. The third-order valence-corrected chi connectivity index (χ3v) is 6.04. The summed E-state index contributed by atoms with van der Waals surface area (Å²) in [4.78, 5) is 0. The second-order valence-corrected chi connectivity index (χ2v) is 8.19. The van der Waals surface area contributed by atoms with Crippen LogP contribution in [0.25, 0.3) is 0 Å². The van der Waals surface area contributed by atoms with Gasteiger partial charge in [-0.25, -0.2) is 5.01 Å². The first-order valence-electron chi connectivity index (χ1n) is 9.53. The molecule has 0 amide bonds. The van der Waals surface area contributed by atoms with Crippen molar-refractivity contribution >= 4 is 21.6 Å². The van der Waals surface area contributed by atoms with Gasteiger partial charge in [-0.2, -0.15) is 5.10 Å². The Hall–Kier alpha value is -2.99. The van der Waals surface area contributed by atoms with E-state index in [4.69, 9.17) is 19.3 Å². The maximum Gasteiger partial charge on any atom is 0.231 e. The lowest BCUT2D eigenvalue weighted by atomic mass is 9.96. The third-order valence-electron chi connectivity index (χ3n) is 5.54. The van der Waals surface area contributed by atoms with E-state index in [2.05, 4.69) is 39.1 Å². The summed E-state index contributed by atoms with van der Waals surface area (Å²) >= 11 is 3.60. The highest BCUT2D eigenvalue weighted by atomic mass is 79.9. The topological polar surface area (TPSA) is 43.3 Å². The maximum absolute atomic E-state index is 6.40. The third kappa shape index (κ3) is 2.78. The van der Waals surface area contributed by atoms with Gasteiger partial charge in [-0.1, -0.05) is 46.3 Å². The number of hydrazone groups is 1. The van der Waals surface area contributed by atoms with Crippen molar-refractivity contribution in [2.45, 2.75) is 18.7 Å². The molecule has 6 heteroatoms. The molecule has 2 atom stereocenters. The quantitative estimate of drug-likeness (QED) is 0.524. The number of ether oxygens (including phenoxy) is 3. The minimum atomic E-state index is -0.263. The van der Waals surface area contributed by atoms with Gasteiger partial charge in [0.1, 0.15) is 5.75 Å². The van der Waals surface area contributed by atoms with E-state index in [9.17, 15) is 0 Å². The highest BCUT2D eigenvalue weighted by Crippen LogP contribution is 2.48. The van der Waals surface area contributed by atoms with Gasteiger partial charge in [-0.3, -0.25) is 0 Å². The number of nitrogens with zero attached hydrogens (tertiary/aromatic N) is 2. The first-order chi connectivity index (χ1) is 14.3. The van der Waals surface area contributed by atoms with Gasteiger partial charge < -0.3 is 14.2 Å². The van der Waals surface area contributed by atoms with E-state index in [0.717, 1.165) is 50.5 Å². The molecule has 0 saturated heterocycles. The Morgan fingerprint density at radius 2 is 1.72 bits per heavy atom. The molecule has 0 saturated carbocycles. The number of fused-ring (bicyclic) bond motifs is 4. The number of rotatable bonds is 2. The van der Waals surface area contributed by atoms with E-state index in [-0.39, 0.29) is 19.1 Å². The molecule has 0 radical (unpaired) electrons. The molecule has 29 heavy (non-hydrogen) atoms. The predicted molar refractivity (Wildman–Crippen MR) is 112 cm³/mol. The number of benzene rings is 3. The van der Waals surface area contributed by atoms with E-state index in [1.165, 1.54) is 0 Å². The fourth-order valence-electron chi connectivity index (χ4n) is 4.15. The summed E-state index contributed by atoms with van der Waals surface area (Å²) in [5, 5.41) is 7.09. The van der Waals surface area contributed by atoms with Gasteiger partial charge >= 0.3 is 0 Å². The minimum Gasteiger partial charge on any atom is -0.464 e. The molecule has 0 spiro atoms. The largest absolute Gasteiger partial charge is 0.464 e. The highest BCUT2D eigenvalue weighted by molar-refractivity contribution is 9.10. The molecule has 0 aromatic heterocycles. The number of halogens is 1. The van der Waals surface area contributed by atoms with Crippen molar-refractivity contribution in [2.75, 3.05) is 6.79 Å². The second kappa shape index (κ2) is 6.52. The van der Waals surface area contributed by atoms with Crippen LogP contribution in [0.15, 0.2) is 76.3 Å². The van der Waals surface area contributed by atoms with Crippen LogP contribution in [0.1, 0.15) is 35.4 Å². The summed E-state index contributed by atoms with van der Waals surface area (Å²) in [5.41, 5.74) is 4.30. The molecule has 144 valence electrons. The predicted octanol–water partition coefficient (Wildman–Crippen LogP) is 5.42. The van der Waals surface area contributed by atoms with Crippen LogP contribution in [0.4, 0.5) is 0 Å². The van der Waals surface area contributed by atoms with Gasteiger partial charge in [0.15, 0.2) is 11.5 Å². The van der Waals surface area contributed by atoms with Crippen LogP contribution < -0.4 is 14.2 Å². The van der Waals surface area contributed by atoms with Gasteiger partial charge in [0.05, 0.1) is 11.8 Å². The Morgan fingerprint density at radius 3 is 2.62 bits per heavy atom. The van der Waals surface area contributed by atoms with E-state index in [1.807, 2.05) is 48.5 Å². The van der Waals surface area contributed by atoms with Gasteiger partial charge in [0.2, 0.25) is 13.0 Å². The van der Waals surface area contributed by atoms with Crippen molar-refractivity contribution in [1.82, 2.24) is 5.01 Å². The zero-order valence-corrected chi connectivity index (χ0v) is 17.0. The molecule has 3 aromatic carbocycles. The average Bonchev–Trinajstić information content (AvgIpc) is 3.40. The molecule has 0 bridgehead atoms. The smallest absolute Gasteiger partial charge is 0.231 e. The average molecular weight is 449 g/mol. The zero-order valence-electron chi connectivity index (χ0n) is 15.4. The van der Waals surface area contributed by atoms with Crippen LogP contribution >= 0.6 is 15.9 Å². The molecular weight excluding hydrogens is 432 g/mol. The van der Waals surface area contributed by atoms with E-state index >= 15 is 0 Å². The Bertz CT molecular complexity index is 1130. The number of hydrogen-bond acceptors (Lipinski definition) is 5. The van der Waals surface area contributed by atoms with E-state index in [0.29, 0.717) is 0 Å². The summed E-state index contributed by atoms with van der Waals surface area (Å²) in [5.74, 6) is 2.46. The van der Waals surface area contributed by atoms with Crippen molar-refractivity contribution in [3.05, 3.63) is 87.9 Å². The van der Waals surface area contributed by atoms with Crippen LogP contribution in [0.2, 0.25) is 0 Å². The molecule has 0 unspecified atom stereocenters. The number of hydrogen-bond donors (Lipinski definition) is 0. The van der Waals surface area contributed by atoms with Gasteiger partial charge in [0.25, 0.3) is 0 Å². The molecule has 3 heterocycles.